The zero-order chi connectivity index (χ0) is 19.7. The molecule has 27 heavy (non-hydrogen) atoms. The van der Waals surface area contributed by atoms with Crippen LogP contribution in [0.15, 0.2) is 48.5 Å². The highest BCUT2D eigenvalue weighted by molar-refractivity contribution is 7.85. The lowest BCUT2D eigenvalue weighted by atomic mass is 9.95. The van der Waals surface area contributed by atoms with Gasteiger partial charge in [-0.25, -0.2) is 0 Å². The van der Waals surface area contributed by atoms with Crippen LogP contribution in [0.5, 0.6) is 0 Å². The smallest absolute Gasteiger partial charge is 0.264 e. The maximum absolute atomic E-state index is 11.3. The number of aliphatic hydroxyl groups excluding tert-OH is 1. The van der Waals surface area contributed by atoms with Gasteiger partial charge in [0, 0.05) is 17.0 Å². The van der Waals surface area contributed by atoms with E-state index in [0.29, 0.717) is 11.6 Å². The van der Waals surface area contributed by atoms with E-state index < -0.39 is 15.7 Å². The van der Waals surface area contributed by atoms with Gasteiger partial charge in [0.15, 0.2) is 0 Å². The lowest BCUT2D eigenvalue weighted by molar-refractivity contribution is 0.118. The second-order valence-electron chi connectivity index (χ2n) is 6.95. The van der Waals surface area contributed by atoms with Crippen LogP contribution in [-0.2, 0) is 20.8 Å². The number of rotatable bonds is 7. The Labute approximate surface area is 164 Å². The molecule has 1 unspecified atom stereocenters. The van der Waals surface area contributed by atoms with Crippen LogP contribution in [0.1, 0.15) is 12.5 Å². The predicted octanol–water partition coefficient (Wildman–Crippen LogP) is 3.46. The Morgan fingerprint density at radius 2 is 1.81 bits per heavy atom. The molecule has 3 aromatic rings. The first-order valence-corrected chi connectivity index (χ1v) is 10.7. The number of aliphatic hydroxyl groups is 1. The fourth-order valence-corrected chi connectivity index (χ4v) is 3.73. The Kier molecular flexibility index (Phi) is 5.74. The Hall–Kier alpha value is -1.70. The van der Waals surface area contributed by atoms with Gasteiger partial charge in [-0.1, -0.05) is 48.0 Å². The van der Waals surface area contributed by atoms with Gasteiger partial charge in [-0.2, -0.15) is 8.42 Å². The molecule has 0 radical (unpaired) electrons. The van der Waals surface area contributed by atoms with Gasteiger partial charge in [-0.05, 0) is 40.8 Å². The zero-order valence-electron chi connectivity index (χ0n) is 15.2. The zero-order valence-corrected chi connectivity index (χ0v) is 16.8. The summed E-state index contributed by atoms with van der Waals surface area (Å²) in [5, 5.41) is 17.8. The summed E-state index contributed by atoms with van der Waals surface area (Å²) in [5.41, 5.74) is 0.120. The van der Waals surface area contributed by atoms with Crippen LogP contribution in [0.4, 0.5) is 0 Å². The highest BCUT2D eigenvalue weighted by atomic mass is 35.5. The standard InChI is InChI=1S/C20H22ClNO4S/c1-20(12-23,13-26-27(2,24)25)22-11-18-15-7-4-3-6-14(15)10-17-16(18)8-5-9-19(17)21/h3-10,22-23H,11-13H2,1-2H3. The quantitative estimate of drug-likeness (QED) is 0.463. The monoisotopic (exact) mass is 407 g/mol. The van der Waals surface area contributed by atoms with Crippen molar-refractivity contribution in [2.45, 2.75) is 19.0 Å². The largest absolute Gasteiger partial charge is 0.394 e. The van der Waals surface area contributed by atoms with Crippen LogP contribution < -0.4 is 5.32 Å². The van der Waals surface area contributed by atoms with E-state index in [-0.39, 0.29) is 13.2 Å². The molecule has 3 rings (SSSR count). The maximum atomic E-state index is 11.3. The van der Waals surface area contributed by atoms with Crippen molar-refractivity contribution in [3.8, 4) is 0 Å². The molecule has 0 fully saturated rings. The van der Waals surface area contributed by atoms with Crippen molar-refractivity contribution in [3.05, 3.63) is 59.1 Å². The Morgan fingerprint density at radius 1 is 1.11 bits per heavy atom. The summed E-state index contributed by atoms with van der Waals surface area (Å²) < 4.78 is 27.5. The summed E-state index contributed by atoms with van der Waals surface area (Å²) in [5.74, 6) is 0. The summed E-state index contributed by atoms with van der Waals surface area (Å²) in [7, 11) is -3.59. The number of fused-ring (bicyclic) bond motifs is 2. The number of halogens is 1. The van der Waals surface area contributed by atoms with Gasteiger partial charge in [-0.3, -0.25) is 4.18 Å². The first-order valence-electron chi connectivity index (χ1n) is 8.52. The molecule has 0 aromatic heterocycles. The third-order valence-electron chi connectivity index (χ3n) is 4.60. The summed E-state index contributed by atoms with van der Waals surface area (Å²) in [6, 6.07) is 15.8. The van der Waals surface area contributed by atoms with E-state index >= 15 is 0 Å². The molecule has 3 aromatic carbocycles. The molecule has 2 N–H and O–H groups in total. The molecule has 0 aliphatic carbocycles. The van der Waals surface area contributed by atoms with Crippen molar-refractivity contribution in [1.29, 1.82) is 0 Å². The van der Waals surface area contributed by atoms with Crippen LogP contribution in [-0.4, -0.2) is 38.5 Å². The molecule has 1 atom stereocenters. The molecule has 0 saturated carbocycles. The van der Waals surface area contributed by atoms with E-state index in [9.17, 15) is 13.5 Å². The average molecular weight is 408 g/mol. The van der Waals surface area contributed by atoms with Gasteiger partial charge in [0.25, 0.3) is 10.1 Å². The first-order chi connectivity index (χ1) is 12.7. The van der Waals surface area contributed by atoms with Crippen molar-refractivity contribution < 1.29 is 17.7 Å². The topological polar surface area (TPSA) is 75.6 Å². The molecular formula is C20H22ClNO4S. The van der Waals surface area contributed by atoms with Crippen LogP contribution in [0.25, 0.3) is 21.5 Å². The Balaban J connectivity index is 2.01. The minimum absolute atomic E-state index is 0.161. The molecule has 144 valence electrons. The Morgan fingerprint density at radius 3 is 2.52 bits per heavy atom. The molecular weight excluding hydrogens is 386 g/mol. The van der Waals surface area contributed by atoms with Gasteiger partial charge in [0.1, 0.15) is 0 Å². The van der Waals surface area contributed by atoms with Crippen LogP contribution in [0.3, 0.4) is 0 Å². The molecule has 0 spiro atoms. The normalized spacial score (nSPS) is 14.5. The molecule has 0 aliphatic rings. The van der Waals surface area contributed by atoms with E-state index in [0.717, 1.165) is 33.4 Å². The minimum Gasteiger partial charge on any atom is -0.394 e. The fourth-order valence-electron chi connectivity index (χ4n) is 3.03. The van der Waals surface area contributed by atoms with E-state index in [1.807, 2.05) is 42.5 Å². The third-order valence-corrected chi connectivity index (χ3v) is 5.47. The Bertz CT molecular complexity index is 1080. The van der Waals surface area contributed by atoms with Gasteiger partial charge < -0.3 is 10.4 Å². The molecule has 0 aliphatic heterocycles. The average Bonchev–Trinajstić information content (AvgIpc) is 2.64. The molecule has 5 nitrogen and oxygen atoms in total. The summed E-state index contributed by atoms with van der Waals surface area (Å²) >= 11 is 6.40. The van der Waals surface area contributed by atoms with E-state index in [1.165, 1.54) is 0 Å². The lowest BCUT2D eigenvalue weighted by Gasteiger charge is -2.28. The highest BCUT2D eigenvalue weighted by Gasteiger charge is 2.26. The molecule has 0 saturated heterocycles. The number of nitrogens with one attached hydrogen (secondary N) is 1. The van der Waals surface area contributed by atoms with Crippen LogP contribution in [0.2, 0.25) is 5.02 Å². The van der Waals surface area contributed by atoms with Gasteiger partial charge in [0.2, 0.25) is 0 Å². The van der Waals surface area contributed by atoms with Crippen LogP contribution >= 0.6 is 11.6 Å². The fraction of sp³-hybridized carbons (Fsp3) is 0.300. The molecule has 7 heteroatoms. The molecule has 0 heterocycles. The number of benzene rings is 3. The van der Waals surface area contributed by atoms with Crippen molar-refractivity contribution in [2.24, 2.45) is 0 Å². The molecule has 0 bridgehead atoms. The SMILES string of the molecule is CC(CO)(COS(C)(=O)=O)NCc1c2ccccc2cc2c(Cl)cccc12. The summed E-state index contributed by atoms with van der Waals surface area (Å²) in [6.07, 6.45) is 0.991. The predicted molar refractivity (Wildman–Crippen MR) is 110 cm³/mol. The minimum atomic E-state index is -3.59. The van der Waals surface area contributed by atoms with Crippen LogP contribution in [0, 0.1) is 0 Å². The van der Waals surface area contributed by atoms with E-state index in [2.05, 4.69) is 11.4 Å². The van der Waals surface area contributed by atoms with Crippen molar-refractivity contribution in [1.82, 2.24) is 5.32 Å². The third kappa shape index (κ3) is 4.59. The van der Waals surface area contributed by atoms with E-state index in [4.69, 9.17) is 15.8 Å². The summed E-state index contributed by atoms with van der Waals surface area (Å²) in [4.78, 5) is 0. The second kappa shape index (κ2) is 7.73. The first kappa shape index (κ1) is 20.0. The highest BCUT2D eigenvalue weighted by Crippen LogP contribution is 2.32. The maximum Gasteiger partial charge on any atom is 0.264 e. The van der Waals surface area contributed by atoms with Crippen molar-refractivity contribution in [2.75, 3.05) is 19.5 Å². The van der Waals surface area contributed by atoms with Crippen molar-refractivity contribution in [3.63, 3.8) is 0 Å². The summed E-state index contributed by atoms with van der Waals surface area (Å²) in [6.45, 7) is 1.71. The number of hydrogen-bond donors (Lipinski definition) is 2. The number of hydrogen-bond acceptors (Lipinski definition) is 5. The van der Waals surface area contributed by atoms with Crippen molar-refractivity contribution >= 4 is 43.3 Å². The lowest BCUT2D eigenvalue weighted by Crippen LogP contribution is -2.49. The van der Waals surface area contributed by atoms with Gasteiger partial charge in [0.05, 0.1) is 25.0 Å². The van der Waals surface area contributed by atoms with Gasteiger partial charge >= 0.3 is 0 Å². The van der Waals surface area contributed by atoms with E-state index in [1.54, 1.807) is 6.92 Å². The van der Waals surface area contributed by atoms with Gasteiger partial charge in [-0.15, -0.1) is 0 Å². The second-order valence-corrected chi connectivity index (χ2v) is 9.00. The molecule has 0 amide bonds.